The Bertz CT molecular complexity index is 531. The van der Waals surface area contributed by atoms with Crippen molar-refractivity contribution in [2.75, 3.05) is 36.1 Å². The van der Waals surface area contributed by atoms with Crippen LogP contribution >= 0.6 is 0 Å². The van der Waals surface area contributed by atoms with Crippen molar-refractivity contribution in [3.8, 4) is 5.75 Å². The Balaban J connectivity index is 2.00. The number of nitrogens with one attached hydrogen (secondary N) is 2. The second-order valence-corrected chi connectivity index (χ2v) is 4.25. The molecule has 4 N–H and O–H groups in total. The standard InChI is InChI=1S/C13H17N3O4/c1-2-19-13(18)3-4-15-9-6-10-11(5-8(9)14)20-7-12(17)16-10/h5-6,15H,2-4,7,14H2,1H3,(H,16,17). The lowest BCUT2D eigenvalue weighted by Gasteiger charge is -2.20. The molecule has 7 heteroatoms. The molecule has 1 aromatic carbocycles. The predicted molar refractivity (Wildman–Crippen MR) is 74.7 cm³/mol. The van der Waals surface area contributed by atoms with Crippen LogP contribution in [0.25, 0.3) is 0 Å². The van der Waals surface area contributed by atoms with E-state index in [2.05, 4.69) is 10.6 Å². The van der Waals surface area contributed by atoms with Crippen LogP contribution in [0.1, 0.15) is 13.3 Å². The van der Waals surface area contributed by atoms with Gasteiger partial charge in [-0.1, -0.05) is 0 Å². The second-order valence-electron chi connectivity index (χ2n) is 4.25. The lowest BCUT2D eigenvalue weighted by atomic mass is 10.2. The minimum absolute atomic E-state index is 0.0118. The summed E-state index contributed by atoms with van der Waals surface area (Å²) in [5.74, 6) is 0.0611. The highest BCUT2D eigenvalue weighted by molar-refractivity contribution is 5.97. The maximum absolute atomic E-state index is 11.2. The van der Waals surface area contributed by atoms with Gasteiger partial charge in [-0.05, 0) is 13.0 Å². The molecule has 20 heavy (non-hydrogen) atoms. The SMILES string of the molecule is CCOC(=O)CCNc1cc2c(cc1N)OCC(=O)N2. The molecule has 1 aliphatic heterocycles. The third-order valence-electron chi connectivity index (χ3n) is 2.73. The number of ether oxygens (including phenoxy) is 2. The maximum atomic E-state index is 11.2. The average molecular weight is 279 g/mol. The van der Waals surface area contributed by atoms with Gasteiger partial charge in [-0.15, -0.1) is 0 Å². The minimum Gasteiger partial charge on any atom is -0.482 e. The van der Waals surface area contributed by atoms with Gasteiger partial charge >= 0.3 is 5.97 Å². The number of nitrogen functional groups attached to an aromatic ring is 1. The summed E-state index contributed by atoms with van der Waals surface area (Å²) in [6.07, 6.45) is 0.243. The van der Waals surface area contributed by atoms with Gasteiger partial charge < -0.3 is 25.8 Å². The number of hydrogen-bond donors (Lipinski definition) is 3. The van der Waals surface area contributed by atoms with E-state index in [9.17, 15) is 9.59 Å². The normalized spacial score (nSPS) is 12.9. The van der Waals surface area contributed by atoms with E-state index in [1.54, 1.807) is 19.1 Å². The number of fused-ring (bicyclic) bond motifs is 1. The number of carbonyl (C=O) groups is 2. The summed E-state index contributed by atoms with van der Waals surface area (Å²) >= 11 is 0. The molecule has 1 aromatic rings. The molecule has 0 aromatic heterocycles. The Labute approximate surface area is 116 Å². The van der Waals surface area contributed by atoms with Crippen LogP contribution in [-0.4, -0.2) is 31.6 Å². The lowest BCUT2D eigenvalue weighted by molar-refractivity contribution is -0.142. The Kier molecular flexibility index (Phi) is 4.29. The van der Waals surface area contributed by atoms with E-state index < -0.39 is 0 Å². The van der Waals surface area contributed by atoms with E-state index in [4.69, 9.17) is 15.2 Å². The molecule has 1 aliphatic rings. The number of anilines is 3. The van der Waals surface area contributed by atoms with E-state index in [1.807, 2.05) is 0 Å². The van der Waals surface area contributed by atoms with Crippen molar-refractivity contribution in [2.24, 2.45) is 0 Å². The van der Waals surface area contributed by atoms with Gasteiger partial charge in [-0.2, -0.15) is 0 Å². The van der Waals surface area contributed by atoms with Gasteiger partial charge in [-0.25, -0.2) is 0 Å². The Morgan fingerprint density at radius 3 is 3.10 bits per heavy atom. The van der Waals surface area contributed by atoms with Gasteiger partial charge in [-0.3, -0.25) is 9.59 Å². The third kappa shape index (κ3) is 3.31. The largest absolute Gasteiger partial charge is 0.482 e. The molecule has 0 fully saturated rings. The zero-order valence-corrected chi connectivity index (χ0v) is 11.2. The van der Waals surface area contributed by atoms with Gasteiger partial charge in [0.05, 0.1) is 30.1 Å². The summed E-state index contributed by atoms with van der Waals surface area (Å²) in [7, 11) is 0. The van der Waals surface area contributed by atoms with Gasteiger partial charge in [0.25, 0.3) is 5.91 Å². The van der Waals surface area contributed by atoms with E-state index in [1.165, 1.54) is 0 Å². The van der Waals surface area contributed by atoms with Crippen LogP contribution in [0.4, 0.5) is 17.1 Å². The van der Waals surface area contributed by atoms with Crippen molar-refractivity contribution in [3.63, 3.8) is 0 Å². The van der Waals surface area contributed by atoms with Gasteiger partial charge in [0.15, 0.2) is 6.61 Å². The number of benzene rings is 1. The topological polar surface area (TPSA) is 103 Å². The zero-order valence-electron chi connectivity index (χ0n) is 11.2. The highest BCUT2D eigenvalue weighted by Crippen LogP contribution is 2.35. The van der Waals surface area contributed by atoms with Crippen molar-refractivity contribution in [1.29, 1.82) is 0 Å². The summed E-state index contributed by atoms with van der Waals surface area (Å²) in [6, 6.07) is 3.33. The fourth-order valence-corrected chi connectivity index (χ4v) is 1.83. The molecule has 0 radical (unpaired) electrons. The van der Waals surface area contributed by atoms with Crippen LogP contribution in [0.2, 0.25) is 0 Å². The molecule has 108 valence electrons. The predicted octanol–water partition coefficient (Wildman–Crippen LogP) is 0.965. The third-order valence-corrected chi connectivity index (χ3v) is 2.73. The maximum Gasteiger partial charge on any atom is 0.307 e. The van der Waals surface area contributed by atoms with Crippen LogP contribution in [0, 0.1) is 0 Å². The molecular formula is C13H17N3O4. The Morgan fingerprint density at radius 2 is 2.35 bits per heavy atom. The van der Waals surface area contributed by atoms with Crippen molar-refractivity contribution >= 4 is 28.9 Å². The summed E-state index contributed by atoms with van der Waals surface area (Å²) in [5, 5.41) is 5.73. The number of rotatable bonds is 5. The van der Waals surface area contributed by atoms with Gasteiger partial charge in [0, 0.05) is 12.6 Å². The molecular weight excluding hydrogens is 262 g/mol. The molecule has 0 aliphatic carbocycles. The highest BCUT2D eigenvalue weighted by atomic mass is 16.5. The molecule has 0 saturated carbocycles. The van der Waals surface area contributed by atoms with E-state index in [0.717, 1.165) is 0 Å². The lowest BCUT2D eigenvalue weighted by Crippen LogP contribution is -2.25. The quantitative estimate of drug-likeness (QED) is 0.548. The van der Waals surface area contributed by atoms with Crippen molar-refractivity contribution in [3.05, 3.63) is 12.1 Å². The molecule has 1 heterocycles. The number of carbonyl (C=O) groups excluding carboxylic acids is 2. The molecule has 7 nitrogen and oxygen atoms in total. The second kappa shape index (κ2) is 6.14. The molecule has 1 amide bonds. The first-order valence-electron chi connectivity index (χ1n) is 6.35. The van der Waals surface area contributed by atoms with Crippen molar-refractivity contribution in [2.45, 2.75) is 13.3 Å². The molecule has 0 atom stereocenters. The highest BCUT2D eigenvalue weighted by Gasteiger charge is 2.17. The summed E-state index contributed by atoms with van der Waals surface area (Å²) in [6.45, 7) is 2.51. The van der Waals surface area contributed by atoms with Crippen molar-refractivity contribution < 1.29 is 19.1 Å². The zero-order chi connectivity index (χ0) is 14.5. The Hall–Kier alpha value is -2.44. The monoisotopic (exact) mass is 279 g/mol. The molecule has 0 spiro atoms. The first-order valence-corrected chi connectivity index (χ1v) is 6.35. The summed E-state index contributed by atoms with van der Waals surface area (Å²) in [4.78, 5) is 22.5. The van der Waals surface area contributed by atoms with Gasteiger partial charge in [0.1, 0.15) is 5.75 Å². The number of hydrogen-bond acceptors (Lipinski definition) is 6. The summed E-state index contributed by atoms with van der Waals surface area (Å²) in [5.41, 5.74) is 7.57. The van der Waals surface area contributed by atoms with Crippen LogP contribution in [-0.2, 0) is 14.3 Å². The van der Waals surface area contributed by atoms with Gasteiger partial charge in [0.2, 0.25) is 0 Å². The fraction of sp³-hybridized carbons (Fsp3) is 0.385. The number of esters is 1. The van der Waals surface area contributed by atoms with Crippen molar-refractivity contribution in [1.82, 2.24) is 0 Å². The number of nitrogens with two attached hydrogens (primary N) is 1. The first-order chi connectivity index (χ1) is 9.60. The van der Waals surface area contributed by atoms with Crippen LogP contribution in [0.15, 0.2) is 12.1 Å². The Morgan fingerprint density at radius 1 is 1.55 bits per heavy atom. The molecule has 0 unspecified atom stereocenters. The van der Waals surface area contributed by atoms with Crippen LogP contribution < -0.4 is 21.1 Å². The van der Waals surface area contributed by atoms with Crippen LogP contribution in [0.3, 0.4) is 0 Å². The molecule has 2 rings (SSSR count). The fourth-order valence-electron chi connectivity index (χ4n) is 1.83. The van der Waals surface area contributed by atoms with Crippen LogP contribution in [0.5, 0.6) is 5.75 Å². The average Bonchev–Trinajstić information content (AvgIpc) is 2.40. The van der Waals surface area contributed by atoms with E-state index >= 15 is 0 Å². The molecule has 0 bridgehead atoms. The molecule has 0 saturated heterocycles. The van der Waals surface area contributed by atoms with E-state index in [0.29, 0.717) is 36.0 Å². The number of amides is 1. The first kappa shape index (κ1) is 14.0. The minimum atomic E-state index is -0.270. The van der Waals surface area contributed by atoms with E-state index in [-0.39, 0.29) is 24.9 Å². The summed E-state index contributed by atoms with van der Waals surface area (Å²) < 4.78 is 10.1. The smallest absolute Gasteiger partial charge is 0.307 e.